The predicted molar refractivity (Wildman–Crippen MR) is 66.7 cm³/mol. The van der Waals surface area contributed by atoms with Crippen LogP contribution in [0.2, 0.25) is 0 Å². The fourth-order valence-corrected chi connectivity index (χ4v) is 1.95. The lowest BCUT2D eigenvalue weighted by Gasteiger charge is -2.18. The normalized spacial score (nSPS) is 10.4. The van der Waals surface area contributed by atoms with Gasteiger partial charge in [0.05, 0.1) is 6.54 Å². The Hall–Kier alpha value is -1.88. The molecule has 0 spiro atoms. The lowest BCUT2D eigenvalue weighted by Crippen LogP contribution is -2.28. The van der Waals surface area contributed by atoms with Gasteiger partial charge in [0.2, 0.25) is 5.91 Å². The van der Waals surface area contributed by atoms with Crippen molar-refractivity contribution in [2.45, 2.75) is 6.54 Å². The van der Waals surface area contributed by atoms with E-state index >= 15 is 0 Å². The summed E-state index contributed by atoms with van der Waals surface area (Å²) < 4.78 is 0. The highest BCUT2D eigenvalue weighted by molar-refractivity contribution is 7.09. The minimum atomic E-state index is -1.13. The van der Waals surface area contributed by atoms with Crippen LogP contribution in [0, 0.1) is 0 Å². The van der Waals surface area contributed by atoms with Gasteiger partial charge in [-0.3, -0.25) is 4.79 Å². The van der Waals surface area contributed by atoms with E-state index < -0.39 is 5.97 Å². The van der Waals surface area contributed by atoms with Crippen LogP contribution in [-0.2, 0) is 16.1 Å². The van der Waals surface area contributed by atoms with Gasteiger partial charge in [-0.2, -0.15) is 0 Å². The fraction of sp³-hybridized carbons (Fsp3) is 0.167. The molecule has 4 nitrogen and oxygen atoms in total. The summed E-state index contributed by atoms with van der Waals surface area (Å²) in [5.41, 5.74) is 0. The highest BCUT2D eigenvalue weighted by atomic mass is 32.1. The van der Waals surface area contributed by atoms with Crippen LogP contribution in [0.3, 0.4) is 0 Å². The summed E-state index contributed by atoms with van der Waals surface area (Å²) in [6, 6.07) is 3.83. The molecule has 0 bridgehead atoms. The largest absolute Gasteiger partial charge is 0.478 e. The number of amides is 1. The Kier molecular flexibility index (Phi) is 5.16. The Morgan fingerprint density at radius 3 is 2.76 bits per heavy atom. The summed E-state index contributed by atoms with van der Waals surface area (Å²) in [4.78, 5) is 24.6. The zero-order chi connectivity index (χ0) is 12.7. The predicted octanol–water partition coefficient (Wildman–Crippen LogP) is 1.90. The lowest BCUT2D eigenvalue weighted by atomic mass is 10.3. The third kappa shape index (κ3) is 4.65. The molecule has 0 saturated carbocycles. The molecule has 5 heteroatoms. The van der Waals surface area contributed by atoms with Gasteiger partial charge in [0.1, 0.15) is 0 Å². The number of carbonyl (C=O) groups excluding carboxylic acids is 1. The summed E-state index contributed by atoms with van der Waals surface area (Å²) in [6.07, 6.45) is 3.51. The van der Waals surface area contributed by atoms with Crippen LogP contribution < -0.4 is 0 Å². The second-order valence-corrected chi connectivity index (χ2v) is 4.29. The van der Waals surface area contributed by atoms with Gasteiger partial charge in [-0.25, -0.2) is 4.79 Å². The first kappa shape index (κ1) is 13.2. The molecule has 1 N–H and O–H groups in total. The van der Waals surface area contributed by atoms with Gasteiger partial charge >= 0.3 is 5.97 Å². The van der Waals surface area contributed by atoms with E-state index in [2.05, 4.69) is 6.58 Å². The Morgan fingerprint density at radius 2 is 2.24 bits per heavy atom. The second-order valence-electron chi connectivity index (χ2n) is 3.26. The molecular weight excluding hydrogens is 238 g/mol. The van der Waals surface area contributed by atoms with E-state index in [1.165, 1.54) is 4.90 Å². The van der Waals surface area contributed by atoms with E-state index in [0.29, 0.717) is 13.1 Å². The van der Waals surface area contributed by atoms with Gasteiger partial charge in [0.15, 0.2) is 0 Å². The standard InChI is InChI=1S/C12H13NO3S/c1-2-7-13(9-10-4-3-8-17-10)11(14)5-6-12(15)16/h2-6,8H,1,7,9H2,(H,15,16)/b6-5+. The van der Waals surface area contributed by atoms with Crippen LogP contribution in [0.1, 0.15) is 4.88 Å². The van der Waals surface area contributed by atoms with Crippen molar-refractivity contribution in [1.82, 2.24) is 4.90 Å². The molecule has 0 radical (unpaired) electrons. The summed E-state index contributed by atoms with van der Waals surface area (Å²) in [7, 11) is 0. The second kappa shape index (κ2) is 6.65. The van der Waals surface area contributed by atoms with Gasteiger partial charge in [-0.1, -0.05) is 12.1 Å². The van der Waals surface area contributed by atoms with Crippen molar-refractivity contribution in [1.29, 1.82) is 0 Å². The molecule has 1 amide bonds. The van der Waals surface area contributed by atoms with Crippen LogP contribution in [0.5, 0.6) is 0 Å². The van der Waals surface area contributed by atoms with Crippen molar-refractivity contribution in [3.05, 3.63) is 47.2 Å². The third-order valence-electron chi connectivity index (χ3n) is 1.96. The van der Waals surface area contributed by atoms with E-state index in [1.54, 1.807) is 17.4 Å². The third-order valence-corrected chi connectivity index (χ3v) is 2.82. The van der Waals surface area contributed by atoms with E-state index in [1.807, 2.05) is 17.5 Å². The molecular formula is C12H13NO3S. The Balaban J connectivity index is 2.68. The SMILES string of the molecule is C=CCN(Cc1cccs1)C(=O)/C=C/C(=O)O. The maximum Gasteiger partial charge on any atom is 0.328 e. The topological polar surface area (TPSA) is 57.6 Å². The molecule has 1 heterocycles. The number of nitrogens with zero attached hydrogens (tertiary/aromatic N) is 1. The number of aliphatic carboxylic acids is 1. The fourth-order valence-electron chi connectivity index (χ4n) is 1.23. The summed E-state index contributed by atoms with van der Waals surface area (Å²) in [5.74, 6) is -1.46. The number of hydrogen-bond donors (Lipinski definition) is 1. The first-order chi connectivity index (χ1) is 8.13. The first-order valence-electron chi connectivity index (χ1n) is 4.96. The maximum atomic E-state index is 11.7. The summed E-state index contributed by atoms with van der Waals surface area (Å²) in [6.45, 7) is 4.43. The molecule has 17 heavy (non-hydrogen) atoms. The van der Waals surface area contributed by atoms with Crippen LogP contribution in [0.25, 0.3) is 0 Å². The monoisotopic (exact) mass is 251 g/mol. The molecule has 0 fully saturated rings. The lowest BCUT2D eigenvalue weighted by molar-refractivity contribution is -0.132. The molecule has 0 aromatic carbocycles. The molecule has 0 atom stereocenters. The zero-order valence-corrected chi connectivity index (χ0v) is 10.0. The Morgan fingerprint density at radius 1 is 1.47 bits per heavy atom. The smallest absolute Gasteiger partial charge is 0.328 e. The highest BCUT2D eigenvalue weighted by Gasteiger charge is 2.10. The molecule has 1 rings (SSSR count). The van der Waals surface area contributed by atoms with Crippen molar-refractivity contribution in [2.24, 2.45) is 0 Å². The molecule has 0 aliphatic heterocycles. The molecule has 90 valence electrons. The van der Waals surface area contributed by atoms with Crippen molar-refractivity contribution in [3.63, 3.8) is 0 Å². The molecule has 0 aliphatic carbocycles. The van der Waals surface area contributed by atoms with Gasteiger partial charge in [-0.15, -0.1) is 17.9 Å². The Bertz CT molecular complexity index is 423. The van der Waals surface area contributed by atoms with Crippen LogP contribution >= 0.6 is 11.3 Å². The highest BCUT2D eigenvalue weighted by Crippen LogP contribution is 2.12. The van der Waals surface area contributed by atoms with Crippen molar-refractivity contribution in [2.75, 3.05) is 6.54 Å². The number of carboxylic acids is 1. The molecule has 0 unspecified atom stereocenters. The van der Waals surface area contributed by atoms with E-state index in [0.717, 1.165) is 17.0 Å². The Labute approximate surface area is 103 Å². The summed E-state index contributed by atoms with van der Waals surface area (Å²) >= 11 is 1.55. The number of rotatable bonds is 6. The van der Waals surface area contributed by atoms with Gasteiger partial charge in [0, 0.05) is 23.6 Å². The minimum absolute atomic E-state index is 0.333. The number of carboxylic acid groups (broad SMARTS) is 1. The number of thiophene rings is 1. The zero-order valence-electron chi connectivity index (χ0n) is 9.20. The average Bonchev–Trinajstić information content (AvgIpc) is 2.78. The quantitative estimate of drug-likeness (QED) is 0.620. The van der Waals surface area contributed by atoms with Crippen molar-refractivity contribution < 1.29 is 14.7 Å². The van der Waals surface area contributed by atoms with Crippen LogP contribution in [-0.4, -0.2) is 28.4 Å². The van der Waals surface area contributed by atoms with Gasteiger partial charge in [0.25, 0.3) is 0 Å². The van der Waals surface area contributed by atoms with Crippen LogP contribution in [0.4, 0.5) is 0 Å². The van der Waals surface area contributed by atoms with Crippen molar-refractivity contribution >= 4 is 23.2 Å². The molecule has 0 saturated heterocycles. The maximum absolute atomic E-state index is 11.7. The molecule has 1 aromatic rings. The summed E-state index contributed by atoms with van der Waals surface area (Å²) in [5, 5.41) is 10.4. The average molecular weight is 251 g/mol. The van der Waals surface area contributed by atoms with Gasteiger partial charge in [-0.05, 0) is 11.4 Å². The van der Waals surface area contributed by atoms with E-state index in [9.17, 15) is 9.59 Å². The van der Waals surface area contributed by atoms with Crippen molar-refractivity contribution in [3.8, 4) is 0 Å². The van der Waals surface area contributed by atoms with Crippen LogP contribution in [0.15, 0.2) is 42.3 Å². The van der Waals surface area contributed by atoms with Gasteiger partial charge < -0.3 is 10.0 Å². The molecule has 0 aliphatic rings. The van der Waals surface area contributed by atoms with E-state index in [4.69, 9.17) is 5.11 Å². The van der Waals surface area contributed by atoms with E-state index in [-0.39, 0.29) is 5.91 Å². The molecule has 1 aromatic heterocycles. The number of hydrogen-bond acceptors (Lipinski definition) is 3. The number of carbonyl (C=O) groups is 2. The minimum Gasteiger partial charge on any atom is -0.478 e. The first-order valence-corrected chi connectivity index (χ1v) is 5.84.